The molecule has 0 amide bonds. The number of phenolic OH excluding ortho intramolecular Hbond substituents is 2. The summed E-state index contributed by atoms with van der Waals surface area (Å²) in [7, 11) is -19.2. The predicted octanol–water partition coefficient (Wildman–Crippen LogP) is 4.92. The average molecular weight is 1220 g/mol. The smallest absolute Gasteiger partial charge is 0.744 e. The van der Waals surface area contributed by atoms with Crippen molar-refractivity contribution in [3.63, 3.8) is 0 Å². The number of halogens is 6. The Morgan fingerprint density at radius 1 is 0.427 bits per heavy atom. The fourth-order valence-corrected chi connectivity index (χ4v) is 10.8. The second kappa shape index (κ2) is 30.1. The van der Waals surface area contributed by atoms with E-state index in [0.717, 1.165) is 59.7 Å². The van der Waals surface area contributed by atoms with Gasteiger partial charge in [-0.3, -0.25) is 0 Å². The molecule has 75 heavy (non-hydrogen) atoms. The van der Waals surface area contributed by atoms with Gasteiger partial charge < -0.3 is 14.8 Å². The Labute approximate surface area is 496 Å². The van der Waals surface area contributed by atoms with Crippen molar-refractivity contribution in [1.82, 2.24) is 0 Å². The summed E-state index contributed by atoms with van der Waals surface area (Å²) >= 11 is 22.7. The van der Waals surface area contributed by atoms with Gasteiger partial charge in [-0.15, -0.1) is 24.2 Å². The summed E-state index contributed by atoms with van der Waals surface area (Å²) < 4.78 is 157. The molecule has 8 aromatic rings. The Balaban J connectivity index is 0.000000333. The van der Waals surface area contributed by atoms with Gasteiger partial charge in [0.2, 0.25) is 19.7 Å². The molecule has 0 fully saturated rings. The van der Waals surface area contributed by atoms with Gasteiger partial charge in [0, 0.05) is 10.0 Å². The zero-order chi connectivity index (χ0) is 54.3. The SMILES string of the molecule is O=S(=O)([O-])c1cc(S(=O)(=O)c2c[c-]c(Cl)cc2)ccc1Cl.O=S(=O)(c1ccc(Cl)cc1)c1ccc(Cl)cc1.O=S(=O)(c1ccc(F)cc1)c1ccc(F)cc1.O=S(=O)=O.Oc1ccc(-c2ccc(O)cc2)cc1.[Na+].[Na+]. The van der Waals surface area contributed by atoms with Gasteiger partial charge in [-0.1, -0.05) is 64.1 Å². The first-order valence-electron chi connectivity index (χ1n) is 19.7. The zero-order valence-corrected chi connectivity index (χ0v) is 49.5. The van der Waals surface area contributed by atoms with E-state index in [0.29, 0.717) is 10.0 Å². The van der Waals surface area contributed by atoms with Crippen LogP contribution in [-0.4, -0.2) is 61.1 Å². The van der Waals surface area contributed by atoms with Crippen LogP contribution in [0.25, 0.3) is 11.1 Å². The maximum Gasteiger partial charge on any atom is 1.00 e. The van der Waals surface area contributed by atoms with E-state index in [2.05, 4.69) is 6.07 Å². The number of rotatable bonds is 8. The van der Waals surface area contributed by atoms with Gasteiger partial charge in [0.1, 0.15) is 33.3 Å². The molecular formula is C48H32Cl4F2Na2O14S5. The molecule has 0 atom stereocenters. The second-order valence-corrected chi connectivity index (χ2v) is 23.3. The van der Waals surface area contributed by atoms with Gasteiger partial charge in [-0.05, 0) is 156 Å². The molecule has 0 saturated carbocycles. The maximum atomic E-state index is 12.7. The van der Waals surface area contributed by atoms with Crippen LogP contribution >= 0.6 is 46.4 Å². The Morgan fingerprint density at radius 3 is 1.03 bits per heavy atom. The van der Waals surface area contributed by atoms with Crippen LogP contribution in [0.2, 0.25) is 20.1 Å². The van der Waals surface area contributed by atoms with E-state index in [9.17, 15) is 47.0 Å². The molecule has 0 bridgehead atoms. The molecule has 0 aliphatic carbocycles. The molecule has 14 nitrogen and oxygen atoms in total. The zero-order valence-electron chi connectivity index (χ0n) is 38.4. The predicted molar refractivity (Wildman–Crippen MR) is 267 cm³/mol. The monoisotopic (exact) mass is 1220 g/mol. The molecule has 0 aromatic heterocycles. The van der Waals surface area contributed by atoms with Gasteiger partial charge in [0.05, 0.1) is 34.4 Å². The molecule has 0 radical (unpaired) electrons. The third-order valence-electron chi connectivity index (χ3n) is 9.10. The van der Waals surface area contributed by atoms with Gasteiger partial charge in [0.25, 0.3) is 0 Å². The fourth-order valence-electron chi connectivity index (χ4n) is 5.57. The summed E-state index contributed by atoms with van der Waals surface area (Å²) in [4.78, 5) is -0.909. The van der Waals surface area contributed by atoms with Crippen molar-refractivity contribution in [2.75, 3.05) is 0 Å². The van der Waals surface area contributed by atoms with Crippen LogP contribution < -0.4 is 59.1 Å². The van der Waals surface area contributed by atoms with Gasteiger partial charge >= 0.3 is 69.7 Å². The molecular weight excluding hydrogens is 1190 g/mol. The van der Waals surface area contributed by atoms with Crippen LogP contribution in [0.15, 0.2) is 216 Å². The topological polar surface area (TPSA) is 251 Å². The standard InChI is InChI=1S/C12H7Cl2O5S2.C12H8Cl2O2S.C12H8F2O2S.C12H10O2.2Na.O3S/c13-8-1-3-9(4-2-8)20(15,16)10-5-6-11(14)12(7-10)21(17,18)19;2*13-9-1-5-11(6-2-9)17(15,16)12-7-3-10(14)4-8-12;13-11-5-1-9(2-6-11)10-3-7-12(14)8-4-10;;;1-4(2)3/h1,3-7H,(H,17,18,19);2*1-8H;1-8,13-14H;;;/q-1;;;;2*+1;/p-1. The molecule has 0 aliphatic rings. The number of phenols is 2. The van der Waals surface area contributed by atoms with Gasteiger partial charge in [0.15, 0.2) is 9.84 Å². The van der Waals surface area contributed by atoms with E-state index in [1.807, 2.05) is 24.3 Å². The number of sulfone groups is 3. The fraction of sp³-hybridized carbons (Fsp3) is 0. The number of hydrogen-bond acceptors (Lipinski definition) is 14. The van der Waals surface area contributed by atoms with E-state index >= 15 is 0 Å². The molecule has 8 aromatic carbocycles. The molecule has 0 spiro atoms. The second-order valence-electron chi connectivity index (χ2n) is 14.0. The Kier molecular flexibility index (Phi) is 26.8. The summed E-state index contributed by atoms with van der Waals surface area (Å²) in [5, 5.41) is 19.1. The normalized spacial score (nSPS) is 10.8. The van der Waals surface area contributed by atoms with Crippen LogP contribution in [0.5, 0.6) is 11.5 Å². The largest absolute Gasteiger partial charge is 1.00 e. The molecule has 382 valence electrons. The van der Waals surface area contributed by atoms with Crippen molar-refractivity contribution in [1.29, 1.82) is 0 Å². The summed E-state index contributed by atoms with van der Waals surface area (Å²) in [5.41, 5.74) is 2.03. The summed E-state index contributed by atoms with van der Waals surface area (Å²) in [6.45, 7) is 0. The number of aromatic hydroxyl groups is 2. The van der Waals surface area contributed by atoms with E-state index in [1.54, 1.807) is 48.5 Å². The van der Waals surface area contributed by atoms with Crippen LogP contribution in [0.4, 0.5) is 8.78 Å². The average Bonchev–Trinajstić information content (AvgIpc) is 3.33. The first-order valence-corrected chi connectivity index (χ1v) is 28.0. The molecule has 0 aliphatic heterocycles. The first kappa shape index (κ1) is 66.9. The van der Waals surface area contributed by atoms with Crippen LogP contribution in [-0.2, 0) is 50.2 Å². The molecule has 2 N–H and O–H groups in total. The summed E-state index contributed by atoms with van der Waals surface area (Å²) in [6, 6.07) is 44.1. The van der Waals surface area contributed by atoms with E-state index in [4.69, 9.17) is 69.2 Å². The van der Waals surface area contributed by atoms with Crippen LogP contribution in [0, 0.1) is 17.7 Å². The van der Waals surface area contributed by atoms with Crippen molar-refractivity contribution in [3.05, 3.63) is 220 Å². The minimum atomic E-state index is -4.88. The van der Waals surface area contributed by atoms with Crippen molar-refractivity contribution in [2.24, 2.45) is 0 Å². The Hall–Kier alpha value is -4.24. The third kappa shape index (κ3) is 20.6. The molecule has 0 saturated heterocycles. The van der Waals surface area contributed by atoms with Gasteiger partial charge in [-0.2, -0.15) is 24.3 Å². The third-order valence-corrected chi connectivity index (χ3v) is 16.5. The van der Waals surface area contributed by atoms with E-state index in [-0.39, 0.29) is 110 Å². The molecule has 8 rings (SSSR count). The molecule has 0 heterocycles. The maximum absolute atomic E-state index is 12.7. The van der Waals surface area contributed by atoms with Crippen LogP contribution in [0.1, 0.15) is 0 Å². The Bertz CT molecular complexity index is 3480. The van der Waals surface area contributed by atoms with E-state index < -0.39 is 66.8 Å². The summed E-state index contributed by atoms with van der Waals surface area (Å²) in [5.74, 6) is -0.508. The molecule has 0 unspecified atom stereocenters. The van der Waals surface area contributed by atoms with Crippen LogP contribution in [0.3, 0.4) is 0 Å². The quantitative estimate of drug-likeness (QED) is 0.0887. The first-order chi connectivity index (χ1) is 34.1. The summed E-state index contributed by atoms with van der Waals surface area (Å²) in [6.07, 6.45) is 0. The number of benzene rings is 8. The Morgan fingerprint density at radius 2 is 0.720 bits per heavy atom. The minimum Gasteiger partial charge on any atom is -0.744 e. The van der Waals surface area contributed by atoms with Gasteiger partial charge in [-0.25, -0.2) is 42.5 Å². The molecule has 27 heteroatoms. The van der Waals surface area contributed by atoms with E-state index in [1.165, 1.54) is 60.7 Å². The number of hydrogen-bond donors (Lipinski definition) is 2. The minimum absolute atomic E-state index is 0. The van der Waals surface area contributed by atoms with Crippen molar-refractivity contribution < 1.29 is 129 Å². The van der Waals surface area contributed by atoms with Crippen molar-refractivity contribution in [3.8, 4) is 22.6 Å². The van der Waals surface area contributed by atoms with Crippen molar-refractivity contribution >= 4 is 96.6 Å². The van der Waals surface area contributed by atoms with Crippen molar-refractivity contribution in [2.45, 2.75) is 34.3 Å².